The average Bonchev–Trinajstić information content (AvgIpc) is 2.87. The molecule has 0 saturated heterocycles. The molecule has 2 aromatic rings. The first-order chi connectivity index (χ1) is 11.0. The summed E-state index contributed by atoms with van der Waals surface area (Å²) >= 11 is 0. The highest BCUT2D eigenvalue weighted by molar-refractivity contribution is 5.75. The van der Waals surface area contributed by atoms with Crippen molar-refractivity contribution in [3.8, 4) is 0 Å². The first-order valence-electron chi connectivity index (χ1n) is 7.90. The van der Waals surface area contributed by atoms with Crippen molar-refractivity contribution >= 4 is 17.0 Å². The van der Waals surface area contributed by atoms with Gasteiger partial charge in [-0.15, -0.1) is 0 Å². The summed E-state index contributed by atoms with van der Waals surface area (Å²) in [5, 5.41) is 0. The third-order valence-corrected chi connectivity index (χ3v) is 5.65. The number of carbonyl (C=O) groups excluding carboxylic acids is 1. The van der Waals surface area contributed by atoms with Crippen LogP contribution in [0.1, 0.15) is 25.8 Å². The molecule has 2 aliphatic rings. The fourth-order valence-electron chi connectivity index (χ4n) is 4.49. The van der Waals surface area contributed by atoms with Crippen molar-refractivity contribution in [1.29, 1.82) is 0 Å². The standard InChI is InChI=1S/C17H18F2N2O2/c1-8(17(22)23-2)16-10-3-9(4-11(10)16)21-7-20-14-5-12(18)13(19)6-15(14)21/h5-11,16H,3-4H2,1-2H3/t8?,9?,10-,11+,16+. The minimum Gasteiger partial charge on any atom is -0.469 e. The maximum absolute atomic E-state index is 13.5. The Balaban J connectivity index is 1.53. The molecule has 1 heterocycles. The molecule has 4 nitrogen and oxygen atoms in total. The van der Waals surface area contributed by atoms with Gasteiger partial charge in [-0.1, -0.05) is 6.92 Å². The number of ether oxygens (including phenoxy) is 1. The van der Waals surface area contributed by atoms with Gasteiger partial charge in [0.25, 0.3) is 0 Å². The summed E-state index contributed by atoms with van der Waals surface area (Å²) in [6, 6.07) is 2.59. The van der Waals surface area contributed by atoms with Gasteiger partial charge in [-0.2, -0.15) is 0 Å². The van der Waals surface area contributed by atoms with E-state index in [9.17, 15) is 13.6 Å². The summed E-state index contributed by atoms with van der Waals surface area (Å²) in [6.07, 6.45) is 3.56. The van der Waals surface area contributed by atoms with E-state index in [4.69, 9.17) is 4.74 Å². The van der Waals surface area contributed by atoms with Crippen molar-refractivity contribution in [2.75, 3.05) is 7.11 Å². The number of rotatable bonds is 3. The van der Waals surface area contributed by atoms with E-state index in [-0.39, 0.29) is 17.9 Å². The lowest BCUT2D eigenvalue weighted by molar-refractivity contribution is -0.145. The topological polar surface area (TPSA) is 44.1 Å². The molecule has 5 atom stereocenters. The van der Waals surface area contributed by atoms with E-state index in [1.807, 2.05) is 11.5 Å². The van der Waals surface area contributed by atoms with Crippen molar-refractivity contribution in [1.82, 2.24) is 9.55 Å². The Kier molecular flexibility index (Phi) is 3.18. The van der Waals surface area contributed by atoms with Crippen LogP contribution in [0.5, 0.6) is 0 Å². The second-order valence-electron chi connectivity index (χ2n) is 6.75. The molecule has 23 heavy (non-hydrogen) atoms. The van der Waals surface area contributed by atoms with Crippen LogP contribution in [-0.4, -0.2) is 22.6 Å². The predicted octanol–water partition coefficient (Wildman–Crippen LogP) is 3.32. The number of hydrogen-bond acceptors (Lipinski definition) is 3. The first-order valence-corrected chi connectivity index (χ1v) is 7.90. The van der Waals surface area contributed by atoms with E-state index in [1.165, 1.54) is 13.2 Å². The Hall–Kier alpha value is -1.98. The molecule has 2 saturated carbocycles. The largest absolute Gasteiger partial charge is 0.469 e. The minimum atomic E-state index is -0.871. The molecule has 0 radical (unpaired) electrons. The van der Waals surface area contributed by atoms with E-state index >= 15 is 0 Å². The summed E-state index contributed by atoms with van der Waals surface area (Å²) in [7, 11) is 1.42. The Morgan fingerprint density at radius 1 is 1.30 bits per heavy atom. The van der Waals surface area contributed by atoms with Crippen LogP contribution in [0.25, 0.3) is 11.0 Å². The zero-order chi connectivity index (χ0) is 16.3. The number of aromatic nitrogens is 2. The van der Waals surface area contributed by atoms with E-state index in [2.05, 4.69) is 4.98 Å². The average molecular weight is 320 g/mol. The summed E-state index contributed by atoms with van der Waals surface area (Å²) in [5.41, 5.74) is 1.11. The highest BCUT2D eigenvalue weighted by atomic mass is 19.2. The summed E-state index contributed by atoms with van der Waals surface area (Å²) in [5.74, 6) is -0.520. The van der Waals surface area contributed by atoms with Gasteiger partial charge in [-0.05, 0) is 30.6 Å². The molecule has 1 aromatic heterocycles. The number of hydrogen-bond donors (Lipinski definition) is 0. The molecule has 0 amide bonds. The van der Waals surface area contributed by atoms with E-state index < -0.39 is 11.6 Å². The number of benzene rings is 1. The maximum Gasteiger partial charge on any atom is 0.308 e. The molecule has 0 aliphatic heterocycles. The summed E-state index contributed by atoms with van der Waals surface area (Å²) in [4.78, 5) is 15.8. The summed E-state index contributed by atoms with van der Waals surface area (Å²) < 4.78 is 33.6. The van der Waals surface area contributed by atoms with Gasteiger partial charge in [-0.3, -0.25) is 4.79 Å². The normalized spacial score (nSPS) is 30.3. The SMILES string of the molecule is COC(=O)C(C)[C@H]1[C@@H]2CC(n3cnc4cc(F)c(F)cc43)C[C@@H]21. The molecule has 2 fully saturated rings. The van der Waals surface area contributed by atoms with Crippen LogP contribution in [0.15, 0.2) is 18.5 Å². The quantitative estimate of drug-likeness (QED) is 0.815. The molecule has 2 aliphatic carbocycles. The van der Waals surface area contributed by atoms with Crippen molar-refractivity contribution in [2.45, 2.75) is 25.8 Å². The van der Waals surface area contributed by atoms with Crippen LogP contribution in [0.4, 0.5) is 8.78 Å². The molecule has 0 bridgehead atoms. The number of halogens is 2. The van der Waals surface area contributed by atoms with Crippen LogP contribution in [-0.2, 0) is 9.53 Å². The van der Waals surface area contributed by atoms with Crippen LogP contribution >= 0.6 is 0 Å². The Morgan fingerprint density at radius 3 is 2.61 bits per heavy atom. The van der Waals surface area contributed by atoms with Gasteiger partial charge in [0, 0.05) is 18.2 Å². The molecule has 0 N–H and O–H groups in total. The van der Waals surface area contributed by atoms with E-state index in [0.29, 0.717) is 28.8 Å². The predicted molar refractivity (Wildman–Crippen MR) is 79.6 cm³/mol. The monoisotopic (exact) mass is 320 g/mol. The lowest BCUT2D eigenvalue weighted by atomic mass is 9.97. The van der Waals surface area contributed by atoms with Gasteiger partial charge in [0.2, 0.25) is 0 Å². The zero-order valence-electron chi connectivity index (χ0n) is 13.0. The number of fused-ring (bicyclic) bond motifs is 2. The Bertz CT molecular complexity index is 776. The van der Waals surface area contributed by atoms with Crippen molar-refractivity contribution < 1.29 is 18.3 Å². The number of esters is 1. The minimum absolute atomic E-state index is 0.0676. The second-order valence-corrected chi connectivity index (χ2v) is 6.75. The van der Waals surface area contributed by atoms with Crippen molar-refractivity contribution in [3.63, 3.8) is 0 Å². The number of imidazole rings is 1. The molecule has 2 unspecified atom stereocenters. The molecule has 4 rings (SSSR count). The van der Waals surface area contributed by atoms with Crippen LogP contribution in [0.3, 0.4) is 0 Å². The van der Waals surface area contributed by atoms with Crippen molar-refractivity contribution in [3.05, 3.63) is 30.1 Å². The van der Waals surface area contributed by atoms with Gasteiger partial charge >= 0.3 is 5.97 Å². The molecular formula is C17H18F2N2O2. The molecule has 1 aromatic carbocycles. The second kappa shape index (κ2) is 5.01. The van der Waals surface area contributed by atoms with Gasteiger partial charge in [0.15, 0.2) is 11.6 Å². The molecule has 0 spiro atoms. The smallest absolute Gasteiger partial charge is 0.308 e. The zero-order valence-corrected chi connectivity index (χ0v) is 13.0. The van der Waals surface area contributed by atoms with Gasteiger partial charge in [-0.25, -0.2) is 13.8 Å². The van der Waals surface area contributed by atoms with E-state index in [0.717, 1.165) is 18.9 Å². The lowest BCUT2D eigenvalue weighted by Gasteiger charge is -2.19. The molecular weight excluding hydrogens is 302 g/mol. The third kappa shape index (κ3) is 2.15. The third-order valence-electron chi connectivity index (χ3n) is 5.65. The maximum atomic E-state index is 13.5. The number of methoxy groups -OCH3 is 1. The highest BCUT2D eigenvalue weighted by Crippen LogP contribution is 2.64. The van der Waals surface area contributed by atoms with Gasteiger partial charge in [0.1, 0.15) is 0 Å². The van der Waals surface area contributed by atoms with Gasteiger partial charge < -0.3 is 9.30 Å². The van der Waals surface area contributed by atoms with Crippen LogP contribution < -0.4 is 0 Å². The fourth-order valence-corrected chi connectivity index (χ4v) is 4.49. The number of carbonyl (C=O) groups is 1. The first kappa shape index (κ1) is 14.6. The van der Waals surface area contributed by atoms with Crippen molar-refractivity contribution in [2.24, 2.45) is 23.7 Å². The van der Waals surface area contributed by atoms with Crippen LogP contribution in [0, 0.1) is 35.3 Å². The number of nitrogens with zero attached hydrogens (tertiary/aromatic N) is 2. The molecule has 6 heteroatoms. The highest BCUT2D eigenvalue weighted by Gasteiger charge is 2.59. The lowest BCUT2D eigenvalue weighted by Crippen LogP contribution is -2.18. The van der Waals surface area contributed by atoms with E-state index in [1.54, 1.807) is 6.33 Å². The van der Waals surface area contributed by atoms with Crippen LogP contribution in [0.2, 0.25) is 0 Å². The molecule has 122 valence electrons. The summed E-state index contributed by atoms with van der Waals surface area (Å²) in [6.45, 7) is 1.93. The Labute approximate surface area is 132 Å². The van der Waals surface area contributed by atoms with Gasteiger partial charge in [0.05, 0.1) is 30.4 Å². The fraction of sp³-hybridized carbons (Fsp3) is 0.529. The Morgan fingerprint density at radius 2 is 1.96 bits per heavy atom.